The Balaban J connectivity index is 2.93. The summed E-state index contributed by atoms with van der Waals surface area (Å²) in [7, 11) is 0. The molecule has 1 rings (SSSR count). The van der Waals surface area contributed by atoms with Crippen LogP contribution in [0, 0.1) is 0 Å². The van der Waals surface area contributed by atoms with E-state index in [1.165, 1.54) is 11.0 Å². The molecule has 0 aliphatic heterocycles. The number of hydrogen-bond acceptors (Lipinski definition) is 3. The normalized spacial score (nSPS) is 12.6. The van der Waals surface area contributed by atoms with Crippen molar-refractivity contribution in [2.45, 2.75) is 65.3 Å². The molecular formula is C14H24N2O3. The van der Waals surface area contributed by atoms with Crippen molar-refractivity contribution in [3.8, 4) is 5.88 Å². The minimum Gasteiger partial charge on any atom is -0.494 e. The van der Waals surface area contributed by atoms with Crippen molar-refractivity contribution in [2.24, 2.45) is 0 Å². The monoisotopic (exact) mass is 268 g/mol. The number of H-pyrrole nitrogens is 1. The number of hydrogen-bond donors (Lipinski definition) is 2. The van der Waals surface area contributed by atoms with Crippen LogP contribution in [0.15, 0.2) is 9.59 Å². The van der Waals surface area contributed by atoms with Crippen molar-refractivity contribution in [2.75, 3.05) is 0 Å². The number of rotatable bonds is 7. The zero-order valence-electron chi connectivity index (χ0n) is 12.0. The molecule has 2 N–H and O–H groups in total. The predicted molar refractivity (Wildman–Crippen MR) is 75.8 cm³/mol. The van der Waals surface area contributed by atoms with Crippen LogP contribution in [0.2, 0.25) is 0 Å². The molecule has 0 saturated carbocycles. The fourth-order valence-corrected chi connectivity index (χ4v) is 2.30. The Kier molecular flexibility index (Phi) is 5.86. The smallest absolute Gasteiger partial charge is 0.331 e. The average molecular weight is 268 g/mol. The first kappa shape index (κ1) is 15.5. The quantitative estimate of drug-likeness (QED) is 0.745. The van der Waals surface area contributed by atoms with E-state index >= 15 is 0 Å². The second kappa shape index (κ2) is 7.16. The third-order valence-corrected chi connectivity index (χ3v) is 3.48. The highest BCUT2D eigenvalue weighted by molar-refractivity contribution is 5.22. The number of nitrogens with zero attached hydrogens (tertiary/aromatic N) is 1. The molecule has 1 unspecified atom stereocenters. The van der Waals surface area contributed by atoms with Gasteiger partial charge in [-0.3, -0.25) is 14.3 Å². The molecule has 0 aromatic carbocycles. The molecule has 0 bridgehead atoms. The fourth-order valence-electron chi connectivity index (χ4n) is 2.30. The molecule has 0 aliphatic carbocycles. The second-order valence-corrected chi connectivity index (χ2v) is 4.98. The van der Waals surface area contributed by atoms with Crippen LogP contribution >= 0.6 is 0 Å². The number of aromatic hydroxyl groups is 1. The lowest BCUT2D eigenvalue weighted by Crippen LogP contribution is -2.33. The van der Waals surface area contributed by atoms with Crippen LogP contribution in [0.25, 0.3) is 0 Å². The Morgan fingerprint density at radius 3 is 2.47 bits per heavy atom. The molecule has 1 aromatic rings. The summed E-state index contributed by atoms with van der Waals surface area (Å²) < 4.78 is 1.30. The van der Waals surface area contributed by atoms with Gasteiger partial charge >= 0.3 is 5.69 Å². The highest BCUT2D eigenvalue weighted by Gasteiger charge is 2.16. The van der Waals surface area contributed by atoms with Gasteiger partial charge in [0.25, 0.3) is 5.56 Å². The van der Waals surface area contributed by atoms with E-state index in [0.29, 0.717) is 6.42 Å². The molecule has 0 fully saturated rings. The number of aromatic nitrogens is 2. The second-order valence-electron chi connectivity index (χ2n) is 4.98. The maximum absolute atomic E-state index is 11.8. The Hall–Kier alpha value is -1.52. The van der Waals surface area contributed by atoms with Crippen LogP contribution in [-0.2, 0) is 6.42 Å². The summed E-state index contributed by atoms with van der Waals surface area (Å²) in [6.45, 7) is 5.82. The van der Waals surface area contributed by atoms with Gasteiger partial charge in [0.15, 0.2) is 0 Å². The zero-order chi connectivity index (χ0) is 14.4. The summed E-state index contributed by atoms with van der Waals surface area (Å²) >= 11 is 0. The van der Waals surface area contributed by atoms with Crippen molar-refractivity contribution < 1.29 is 5.11 Å². The molecule has 0 aliphatic rings. The zero-order valence-corrected chi connectivity index (χ0v) is 12.0. The summed E-state index contributed by atoms with van der Waals surface area (Å²) in [4.78, 5) is 25.6. The topological polar surface area (TPSA) is 75.1 Å². The molecule has 1 heterocycles. The molecule has 0 saturated heterocycles. The lowest BCUT2D eigenvalue weighted by molar-refractivity contribution is 0.351. The van der Waals surface area contributed by atoms with Gasteiger partial charge in [-0.15, -0.1) is 0 Å². The first-order chi connectivity index (χ1) is 9.02. The van der Waals surface area contributed by atoms with Crippen molar-refractivity contribution in [1.82, 2.24) is 9.55 Å². The Bertz CT molecular complexity index is 516. The number of unbranched alkanes of at least 4 members (excludes halogenated alkanes) is 3. The minimum absolute atomic E-state index is 0.105. The molecule has 108 valence electrons. The molecule has 19 heavy (non-hydrogen) atoms. The van der Waals surface area contributed by atoms with Gasteiger partial charge in [-0.05, 0) is 19.8 Å². The van der Waals surface area contributed by atoms with Gasteiger partial charge in [-0.2, -0.15) is 0 Å². The van der Waals surface area contributed by atoms with Gasteiger partial charge in [0, 0.05) is 6.04 Å². The van der Waals surface area contributed by atoms with Crippen LogP contribution in [0.4, 0.5) is 0 Å². The third-order valence-electron chi connectivity index (χ3n) is 3.48. The summed E-state index contributed by atoms with van der Waals surface area (Å²) in [5, 5.41) is 10.1. The van der Waals surface area contributed by atoms with Crippen LogP contribution in [0.5, 0.6) is 5.88 Å². The molecule has 5 heteroatoms. The van der Waals surface area contributed by atoms with Crippen LogP contribution < -0.4 is 11.2 Å². The molecular weight excluding hydrogens is 244 g/mol. The van der Waals surface area contributed by atoms with Gasteiger partial charge in [-0.1, -0.05) is 39.5 Å². The lowest BCUT2D eigenvalue weighted by Gasteiger charge is -2.17. The number of aromatic amines is 1. The average Bonchev–Trinajstić information content (AvgIpc) is 2.34. The van der Waals surface area contributed by atoms with E-state index in [4.69, 9.17) is 0 Å². The fraction of sp³-hybridized carbons (Fsp3) is 0.714. The summed E-state index contributed by atoms with van der Waals surface area (Å²) in [5.41, 5.74) is -0.734. The Labute approximate surface area is 113 Å². The molecule has 1 aromatic heterocycles. The molecule has 0 radical (unpaired) electrons. The lowest BCUT2D eigenvalue weighted by atomic mass is 10.1. The summed E-state index contributed by atoms with van der Waals surface area (Å²) in [6.07, 6.45) is 5.71. The van der Waals surface area contributed by atoms with E-state index in [2.05, 4.69) is 11.9 Å². The van der Waals surface area contributed by atoms with Crippen LogP contribution in [-0.4, -0.2) is 14.7 Å². The van der Waals surface area contributed by atoms with Gasteiger partial charge in [0.05, 0.1) is 5.56 Å². The van der Waals surface area contributed by atoms with Crippen molar-refractivity contribution >= 4 is 0 Å². The Morgan fingerprint density at radius 2 is 1.89 bits per heavy atom. The number of nitrogens with one attached hydrogen (secondary N) is 1. The predicted octanol–water partition coefficient (Wildman–Crippen LogP) is 2.34. The van der Waals surface area contributed by atoms with Crippen LogP contribution in [0.3, 0.4) is 0 Å². The van der Waals surface area contributed by atoms with Crippen molar-refractivity contribution in [3.05, 3.63) is 26.4 Å². The van der Waals surface area contributed by atoms with E-state index in [0.717, 1.165) is 25.7 Å². The minimum atomic E-state index is -0.525. The van der Waals surface area contributed by atoms with Gasteiger partial charge in [-0.25, -0.2) is 4.79 Å². The standard InChI is InChI=1S/C14H24N2O3/c1-4-6-7-8-9-10(3)16-13(18)11(5-2)12(17)15-14(16)19/h10,18H,4-9H2,1-3H3,(H,15,17,19). The summed E-state index contributed by atoms with van der Waals surface area (Å²) in [5.74, 6) is -0.181. The van der Waals surface area contributed by atoms with E-state index in [-0.39, 0.29) is 17.5 Å². The van der Waals surface area contributed by atoms with Crippen molar-refractivity contribution in [3.63, 3.8) is 0 Å². The first-order valence-corrected chi connectivity index (χ1v) is 7.09. The van der Waals surface area contributed by atoms with E-state index in [1.807, 2.05) is 6.92 Å². The van der Waals surface area contributed by atoms with E-state index in [1.54, 1.807) is 6.92 Å². The van der Waals surface area contributed by atoms with Crippen LogP contribution in [0.1, 0.15) is 64.5 Å². The SMILES string of the molecule is CCCCCCC(C)n1c(O)c(CC)c(=O)[nH]c1=O. The molecule has 5 nitrogen and oxygen atoms in total. The van der Waals surface area contributed by atoms with Gasteiger partial charge in [0.1, 0.15) is 0 Å². The highest BCUT2D eigenvalue weighted by atomic mass is 16.3. The third kappa shape index (κ3) is 3.72. The van der Waals surface area contributed by atoms with Crippen molar-refractivity contribution in [1.29, 1.82) is 0 Å². The molecule has 0 amide bonds. The highest BCUT2D eigenvalue weighted by Crippen LogP contribution is 2.20. The van der Waals surface area contributed by atoms with E-state index < -0.39 is 11.2 Å². The summed E-state index contributed by atoms with van der Waals surface area (Å²) in [6, 6.07) is -0.105. The maximum atomic E-state index is 11.8. The molecule has 0 spiro atoms. The maximum Gasteiger partial charge on any atom is 0.331 e. The van der Waals surface area contributed by atoms with Gasteiger partial charge < -0.3 is 5.11 Å². The Morgan fingerprint density at radius 1 is 1.21 bits per heavy atom. The van der Waals surface area contributed by atoms with E-state index in [9.17, 15) is 14.7 Å². The van der Waals surface area contributed by atoms with Gasteiger partial charge in [0.2, 0.25) is 5.88 Å². The first-order valence-electron chi connectivity index (χ1n) is 7.09. The molecule has 1 atom stereocenters. The largest absolute Gasteiger partial charge is 0.494 e.